The monoisotopic (exact) mass is 488 g/mol. The zero-order chi connectivity index (χ0) is 25.7. The second-order valence-corrected chi connectivity index (χ2v) is 9.46. The molecule has 0 fully saturated rings. The zero-order valence-corrected chi connectivity index (χ0v) is 21.1. The number of nitrogens with zero attached hydrogens (tertiary/aromatic N) is 4. The van der Waals surface area contributed by atoms with E-state index in [4.69, 9.17) is 31.0 Å². The van der Waals surface area contributed by atoms with E-state index in [1.807, 2.05) is 66.5 Å². The van der Waals surface area contributed by atoms with E-state index >= 15 is 0 Å². The Morgan fingerprint density at radius 1 is 0.946 bits per heavy atom. The molecule has 1 unspecified atom stereocenters. The molecule has 1 atom stereocenters. The number of benzene rings is 3. The van der Waals surface area contributed by atoms with Gasteiger partial charge in [0.15, 0.2) is 5.82 Å². The SMILES string of the molecule is CCc1cc(C(c2cc3cc(N)ccc3c(N)n2)c2nc(-c3ccccc3)nn2C)cc2c(C)coc12. The number of hydrogen-bond acceptors (Lipinski definition) is 6. The molecule has 3 aromatic carbocycles. The smallest absolute Gasteiger partial charge is 0.181 e. The molecular weight excluding hydrogens is 460 g/mol. The minimum atomic E-state index is -0.313. The van der Waals surface area contributed by atoms with Crippen LogP contribution in [0.15, 0.2) is 77.4 Å². The van der Waals surface area contributed by atoms with Gasteiger partial charge in [-0.25, -0.2) is 9.97 Å². The number of pyridine rings is 1. The van der Waals surface area contributed by atoms with Gasteiger partial charge < -0.3 is 15.9 Å². The van der Waals surface area contributed by atoms with Crippen molar-refractivity contribution in [1.29, 1.82) is 0 Å². The van der Waals surface area contributed by atoms with Crippen LogP contribution in [0.5, 0.6) is 0 Å². The molecule has 0 saturated carbocycles. The summed E-state index contributed by atoms with van der Waals surface area (Å²) in [5.74, 6) is 1.58. The molecule has 0 aliphatic rings. The minimum Gasteiger partial charge on any atom is -0.464 e. The number of hydrogen-bond donors (Lipinski definition) is 2. The highest BCUT2D eigenvalue weighted by Crippen LogP contribution is 2.37. The van der Waals surface area contributed by atoms with Gasteiger partial charge in [-0.05, 0) is 65.8 Å². The number of rotatable bonds is 5. The van der Waals surface area contributed by atoms with Crippen LogP contribution in [0.25, 0.3) is 33.1 Å². The molecule has 4 N–H and O–H groups in total. The van der Waals surface area contributed by atoms with Crippen LogP contribution in [0.2, 0.25) is 0 Å². The second kappa shape index (κ2) is 8.78. The highest BCUT2D eigenvalue weighted by Gasteiger charge is 2.27. The van der Waals surface area contributed by atoms with Crippen molar-refractivity contribution in [3.8, 4) is 11.4 Å². The van der Waals surface area contributed by atoms with E-state index in [0.717, 1.165) is 61.9 Å². The summed E-state index contributed by atoms with van der Waals surface area (Å²) in [7, 11) is 1.92. The van der Waals surface area contributed by atoms with Crippen molar-refractivity contribution in [2.75, 3.05) is 11.5 Å². The number of nitrogen functional groups attached to an aromatic ring is 2. The van der Waals surface area contributed by atoms with Crippen LogP contribution < -0.4 is 11.5 Å². The highest BCUT2D eigenvalue weighted by atomic mass is 16.3. The lowest BCUT2D eigenvalue weighted by atomic mass is 9.89. The summed E-state index contributed by atoms with van der Waals surface area (Å²) in [5, 5.41) is 7.67. The Morgan fingerprint density at radius 2 is 1.76 bits per heavy atom. The van der Waals surface area contributed by atoms with Gasteiger partial charge in [0, 0.05) is 29.1 Å². The van der Waals surface area contributed by atoms with Gasteiger partial charge >= 0.3 is 0 Å². The number of anilines is 2. The number of aryl methyl sites for hydroxylation is 3. The molecular formula is C30H28N6O. The molecule has 0 bridgehead atoms. The van der Waals surface area contributed by atoms with Gasteiger partial charge in [0.25, 0.3) is 0 Å². The zero-order valence-electron chi connectivity index (χ0n) is 21.1. The van der Waals surface area contributed by atoms with Crippen molar-refractivity contribution >= 4 is 33.2 Å². The van der Waals surface area contributed by atoms with Crippen LogP contribution in [-0.2, 0) is 13.5 Å². The fraction of sp³-hybridized carbons (Fsp3) is 0.167. The van der Waals surface area contributed by atoms with Gasteiger partial charge in [0.1, 0.15) is 17.2 Å². The summed E-state index contributed by atoms with van der Waals surface area (Å²) in [6.07, 6.45) is 2.65. The van der Waals surface area contributed by atoms with E-state index in [2.05, 4.69) is 32.0 Å². The van der Waals surface area contributed by atoms with Crippen molar-refractivity contribution in [2.24, 2.45) is 7.05 Å². The van der Waals surface area contributed by atoms with Crippen molar-refractivity contribution < 1.29 is 4.42 Å². The van der Waals surface area contributed by atoms with Gasteiger partial charge in [-0.1, -0.05) is 43.3 Å². The van der Waals surface area contributed by atoms with E-state index in [1.54, 1.807) is 0 Å². The minimum absolute atomic E-state index is 0.313. The summed E-state index contributed by atoms with van der Waals surface area (Å²) in [6, 6.07) is 22.1. The van der Waals surface area contributed by atoms with Crippen molar-refractivity contribution in [3.63, 3.8) is 0 Å². The number of fused-ring (bicyclic) bond motifs is 2. The van der Waals surface area contributed by atoms with E-state index in [9.17, 15) is 0 Å². The Morgan fingerprint density at radius 3 is 2.54 bits per heavy atom. The first-order valence-corrected chi connectivity index (χ1v) is 12.4. The maximum atomic E-state index is 6.48. The van der Waals surface area contributed by atoms with Crippen LogP contribution in [0.4, 0.5) is 11.5 Å². The van der Waals surface area contributed by atoms with Crippen molar-refractivity contribution in [1.82, 2.24) is 19.7 Å². The topological polar surface area (TPSA) is 109 Å². The quantitative estimate of drug-likeness (QED) is 0.288. The maximum absolute atomic E-state index is 6.48. The van der Waals surface area contributed by atoms with Crippen molar-refractivity contribution in [3.05, 3.63) is 101 Å². The Hall–Kier alpha value is -4.65. The first-order chi connectivity index (χ1) is 17.9. The maximum Gasteiger partial charge on any atom is 0.181 e. The molecule has 3 aromatic heterocycles. The Balaban J connectivity index is 1.63. The molecule has 0 aliphatic carbocycles. The Kier molecular flexibility index (Phi) is 5.41. The molecule has 37 heavy (non-hydrogen) atoms. The van der Waals surface area contributed by atoms with E-state index in [1.165, 1.54) is 0 Å². The standard InChI is InChI=1S/C30H28N6O/c1-4-18-12-21(14-24-17(2)16-37-27(18)24)26(25-15-20-13-22(31)10-11-23(20)28(32)33-25)30-34-29(35-36(30)3)19-8-6-5-7-9-19/h5-16,26H,4,31H2,1-3H3,(H2,32,33). The Bertz CT molecular complexity index is 1770. The molecule has 0 amide bonds. The fourth-order valence-electron chi connectivity index (χ4n) is 5.07. The van der Waals surface area contributed by atoms with Crippen LogP contribution in [0.1, 0.15) is 41.1 Å². The summed E-state index contributed by atoms with van der Waals surface area (Å²) in [5.41, 5.74) is 19.2. The third-order valence-corrected chi connectivity index (χ3v) is 6.97. The molecule has 6 aromatic rings. The molecule has 3 heterocycles. The molecule has 0 saturated heterocycles. The molecule has 6 rings (SSSR count). The first-order valence-electron chi connectivity index (χ1n) is 12.4. The van der Waals surface area contributed by atoms with Gasteiger partial charge in [-0.3, -0.25) is 4.68 Å². The van der Waals surface area contributed by atoms with Crippen LogP contribution in [-0.4, -0.2) is 19.7 Å². The molecule has 184 valence electrons. The summed E-state index contributed by atoms with van der Waals surface area (Å²) >= 11 is 0. The predicted octanol–water partition coefficient (Wildman–Crippen LogP) is 5.99. The number of nitrogens with two attached hydrogens (primary N) is 2. The van der Waals surface area contributed by atoms with Gasteiger partial charge in [-0.15, -0.1) is 0 Å². The summed E-state index contributed by atoms with van der Waals surface area (Å²) < 4.78 is 7.75. The lowest BCUT2D eigenvalue weighted by Gasteiger charge is -2.19. The Labute approximate surface area is 214 Å². The highest BCUT2D eigenvalue weighted by molar-refractivity contribution is 5.93. The van der Waals surface area contributed by atoms with E-state index < -0.39 is 0 Å². The molecule has 7 nitrogen and oxygen atoms in total. The van der Waals surface area contributed by atoms with Gasteiger partial charge in [0.05, 0.1) is 17.9 Å². The average molecular weight is 489 g/mol. The van der Waals surface area contributed by atoms with Gasteiger partial charge in [0.2, 0.25) is 0 Å². The lowest BCUT2D eigenvalue weighted by molar-refractivity contribution is 0.608. The average Bonchev–Trinajstić information content (AvgIpc) is 3.47. The van der Waals surface area contributed by atoms with E-state index in [0.29, 0.717) is 17.3 Å². The molecule has 7 heteroatoms. The third-order valence-electron chi connectivity index (χ3n) is 6.97. The molecule has 0 radical (unpaired) electrons. The van der Waals surface area contributed by atoms with Crippen molar-refractivity contribution in [2.45, 2.75) is 26.2 Å². The largest absolute Gasteiger partial charge is 0.464 e. The normalized spacial score (nSPS) is 12.4. The fourth-order valence-corrected chi connectivity index (χ4v) is 5.07. The summed E-state index contributed by atoms with van der Waals surface area (Å²) in [4.78, 5) is 9.91. The van der Waals surface area contributed by atoms with Crippen LogP contribution in [0.3, 0.4) is 0 Å². The number of furan rings is 1. The second-order valence-electron chi connectivity index (χ2n) is 9.46. The third kappa shape index (κ3) is 3.89. The molecule has 0 aliphatic heterocycles. The summed E-state index contributed by atoms with van der Waals surface area (Å²) in [6.45, 7) is 4.20. The van der Waals surface area contributed by atoms with Crippen LogP contribution >= 0.6 is 0 Å². The van der Waals surface area contributed by atoms with Crippen LogP contribution in [0, 0.1) is 6.92 Å². The van der Waals surface area contributed by atoms with Gasteiger partial charge in [-0.2, -0.15) is 5.10 Å². The first kappa shape index (κ1) is 22.8. The van der Waals surface area contributed by atoms with E-state index in [-0.39, 0.29) is 5.92 Å². The molecule has 0 spiro atoms. The lowest BCUT2D eigenvalue weighted by Crippen LogP contribution is -2.13. The number of aromatic nitrogens is 4. The predicted molar refractivity (Wildman–Crippen MR) is 148 cm³/mol.